The first-order valence-electron chi connectivity index (χ1n) is 6.77. The zero-order chi connectivity index (χ0) is 15.5. The van der Waals surface area contributed by atoms with E-state index >= 15 is 0 Å². The van der Waals surface area contributed by atoms with Gasteiger partial charge in [0.25, 0.3) is 0 Å². The summed E-state index contributed by atoms with van der Waals surface area (Å²) in [5.74, 6) is -1.04. The van der Waals surface area contributed by atoms with Crippen molar-refractivity contribution in [2.45, 2.75) is 32.2 Å². The molecule has 0 unspecified atom stereocenters. The van der Waals surface area contributed by atoms with Crippen LogP contribution >= 0.6 is 0 Å². The standard InChI is InChI=1S/C14H19N3O4/c1-9-3-4-11(10(2)15-9)16-13(20)17-14(12(18)19)5-7-21-8-6-14/h3-4H,5-8H2,1-2H3,(H,18,19)(H2,16,17,20). The van der Waals surface area contributed by atoms with Crippen LogP contribution in [-0.4, -0.2) is 40.8 Å². The van der Waals surface area contributed by atoms with E-state index in [2.05, 4.69) is 15.6 Å². The number of pyridine rings is 1. The summed E-state index contributed by atoms with van der Waals surface area (Å²) >= 11 is 0. The van der Waals surface area contributed by atoms with Gasteiger partial charge in [-0.15, -0.1) is 0 Å². The molecule has 0 radical (unpaired) electrons. The van der Waals surface area contributed by atoms with E-state index < -0.39 is 17.5 Å². The minimum atomic E-state index is -1.27. The number of ether oxygens (including phenoxy) is 1. The van der Waals surface area contributed by atoms with Gasteiger partial charge < -0.3 is 20.5 Å². The van der Waals surface area contributed by atoms with Crippen molar-refractivity contribution in [1.29, 1.82) is 0 Å². The minimum absolute atomic E-state index is 0.251. The molecule has 0 aromatic carbocycles. The van der Waals surface area contributed by atoms with Crippen LogP contribution in [0.15, 0.2) is 12.1 Å². The lowest BCUT2D eigenvalue weighted by Crippen LogP contribution is -2.58. The predicted octanol–water partition coefficient (Wildman–Crippen LogP) is 1.45. The summed E-state index contributed by atoms with van der Waals surface area (Å²) in [6.45, 7) is 4.28. The fraction of sp³-hybridized carbons (Fsp3) is 0.500. The molecule has 0 bridgehead atoms. The molecule has 1 aromatic heterocycles. The molecular weight excluding hydrogens is 274 g/mol. The van der Waals surface area contributed by atoms with Gasteiger partial charge in [0.2, 0.25) is 0 Å². The molecule has 114 valence electrons. The zero-order valence-electron chi connectivity index (χ0n) is 12.1. The van der Waals surface area contributed by atoms with Crippen molar-refractivity contribution < 1.29 is 19.4 Å². The van der Waals surface area contributed by atoms with E-state index in [4.69, 9.17) is 4.74 Å². The summed E-state index contributed by atoms with van der Waals surface area (Å²) in [6, 6.07) is 2.98. The van der Waals surface area contributed by atoms with Crippen LogP contribution in [0, 0.1) is 13.8 Å². The Balaban J connectivity index is 2.07. The largest absolute Gasteiger partial charge is 0.480 e. The number of urea groups is 1. The number of anilines is 1. The normalized spacial score (nSPS) is 17.0. The van der Waals surface area contributed by atoms with Crippen LogP contribution in [0.5, 0.6) is 0 Å². The fourth-order valence-electron chi connectivity index (χ4n) is 2.30. The predicted molar refractivity (Wildman–Crippen MR) is 76.3 cm³/mol. The number of hydrogen-bond acceptors (Lipinski definition) is 4. The molecular formula is C14H19N3O4. The highest BCUT2D eigenvalue weighted by Crippen LogP contribution is 2.21. The number of aliphatic carboxylic acids is 1. The number of rotatable bonds is 3. The number of carboxylic acid groups (broad SMARTS) is 1. The second-order valence-electron chi connectivity index (χ2n) is 5.16. The molecule has 1 aromatic rings. The highest BCUT2D eigenvalue weighted by atomic mass is 16.5. The number of hydrogen-bond donors (Lipinski definition) is 3. The zero-order valence-corrected chi connectivity index (χ0v) is 12.1. The third-order valence-corrected chi connectivity index (χ3v) is 3.58. The Morgan fingerprint density at radius 1 is 1.29 bits per heavy atom. The van der Waals surface area contributed by atoms with Crippen molar-refractivity contribution in [3.8, 4) is 0 Å². The van der Waals surface area contributed by atoms with E-state index in [-0.39, 0.29) is 12.8 Å². The summed E-state index contributed by atoms with van der Waals surface area (Å²) in [5.41, 5.74) is 0.825. The van der Waals surface area contributed by atoms with E-state index in [1.807, 2.05) is 6.92 Å². The van der Waals surface area contributed by atoms with Crippen molar-refractivity contribution in [3.05, 3.63) is 23.5 Å². The molecule has 2 heterocycles. The van der Waals surface area contributed by atoms with E-state index in [0.29, 0.717) is 24.6 Å². The Kier molecular flexibility index (Phi) is 4.42. The molecule has 21 heavy (non-hydrogen) atoms. The van der Waals surface area contributed by atoms with Crippen LogP contribution in [0.2, 0.25) is 0 Å². The topological polar surface area (TPSA) is 101 Å². The number of aryl methyl sites for hydroxylation is 2. The Hall–Kier alpha value is -2.15. The number of amides is 2. The van der Waals surface area contributed by atoms with E-state index in [1.54, 1.807) is 19.1 Å². The smallest absolute Gasteiger partial charge is 0.329 e. The van der Waals surface area contributed by atoms with Crippen LogP contribution < -0.4 is 10.6 Å². The maximum atomic E-state index is 12.1. The van der Waals surface area contributed by atoms with Crippen LogP contribution in [0.3, 0.4) is 0 Å². The molecule has 7 heteroatoms. The average Bonchev–Trinajstić information content (AvgIpc) is 2.43. The first-order valence-corrected chi connectivity index (χ1v) is 6.77. The van der Waals surface area contributed by atoms with Gasteiger partial charge in [-0.1, -0.05) is 0 Å². The lowest BCUT2D eigenvalue weighted by molar-refractivity contribution is -0.148. The molecule has 2 rings (SSSR count). The Labute approximate surface area is 122 Å². The van der Waals surface area contributed by atoms with Gasteiger partial charge >= 0.3 is 12.0 Å². The van der Waals surface area contributed by atoms with Crippen molar-refractivity contribution in [2.75, 3.05) is 18.5 Å². The summed E-state index contributed by atoms with van der Waals surface area (Å²) in [6.07, 6.45) is 0.502. The summed E-state index contributed by atoms with van der Waals surface area (Å²) in [5, 5.41) is 14.6. The second kappa shape index (κ2) is 6.09. The third-order valence-electron chi connectivity index (χ3n) is 3.58. The lowest BCUT2D eigenvalue weighted by atomic mass is 9.90. The second-order valence-corrected chi connectivity index (χ2v) is 5.16. The van der Waals surface area contributed by atoms with E-state index in [0.717, 1.165) is 5.69 Å². The van der Waals surface area contributed by atoms with Gasteiger partial charge in [0, 0.05) is 31.7 Å². The Bertz CT molecular complexity index is 553. The van der Waals surface area contributed by atoms with Crippen LogP contribution in [0.25, 0.3) is 0 Å². The number of carboxylic acids is 1. The van der Waals surface area contributed by atoms with Crippen LogP contribution in [0.1, 0.15) is 24.2 Å². The SMILES string of the molecule is Cc1ccc(NC(=O)NC2(C(=O)O)CCOCC2)c(C)n1. The molecule has 0 atom stereocenters. The summed E-state index contributed by atoms with van der Waals surface area (Å²) in [4.78, 5) is 27.8. The maximum Gasteiger partial charge on any atom is 0.329 e. The van der Waals surface area contributed by atoms with Crippen molar-refractivity contribution in [1.82, 2.24) is 10.3 Å². The minimum Gasteiger partial charge on any atom is -0.480 e. The van der Waals surface area contributed by atoms with Crippen molar-refractivity contribution in [3.63, 3.8) is 0 Å². The van der Waals surface area contributed by atoms with Crippen molar-refractivity contribution >= 4 is 17.7 Å². The van der Waals surface area contributed by atoms with Gasteiger partial charge in [-0.25, -0.2) is 9.59 Å². The molecule has 2 amide bonds. The van der Waals surface area contributed by atoms with Gasteiger partial charge in [0.1, 0.15) is 5.54 Å². The quantitative estimate of drug-likeness (QED) is 0.783. The Morgan fingerprint density at radius 3 is 2.52 bits per heavy atom. The molecule has 0 spiro atoms. The molecule has 1 aliphatic rings. The number of carbonyl (C=O) groups is 2. The third kappa shape index (κ3) is 3.49. The van der Waals surface area contributed by atoms with Gasteiger partial charge in [-0.05, 0) is 26.0 Å². The van der Waals surface area contributed by atoms with Gasteiger partial charge in [0.05, 0.1) is 11.4 Å². The Morgan fingerprint density at radius 2 is 1.95 bits per heavy atom. The highest BCUT2D eigenvalue weighted by Gasteiger charge is 2.41. The molecule has 0 saturated carbocycles. The van der Waals surface area contributed by atoms with E-state index in [1.165, 1.54) is 0 Å². The summed E-state index contributed by atoms with van der Waals surface area (Å²) < 4.78 is 5.16. The van der Waals surface area contributed by atoms with Crippen molar-refractivity contribution in [2.24, 2.45) is 0 Å². The van der Waals surface area contributed by atoms with Gasteiger partial charge in [0.15, 0.2) is 0 Å². The molecule has 1 saturated heterocycles. The lowest BCUT2D eigenvalue weighted by Gasteiger charge is -2.33. The van der Waals surface area contributed by atoms with Gasteiger partial charge in [-0.3, -0.25) is 4.98 Å². The number of nitrogens with one attached hydrogen (secondary N) is 2. The molecule has 0 aliphatic carbocycles. The monoisotopic (exact) mass is 293 g/mol. The average molecular weight is 293 g/mol. The number of carbonyl (C=O) groups excluding carboxylic acids is 1. The first kappa shape index (κ1) is 15.2. The number of aromatic nitrogens is 1. The van der Waals surface area contributed by atoms with Crippen LogP contribution in [0.4, 0.5) is 10.5 Å². The number of nitrogens with zero attached hydrogens (tertiary/aromatic N) is 1. The van der Waals surface area contributed by atoms with Crippen LogP contribution in [-0.2, 0) is 9.53 Å². The molecule has 1 fully saturated rings. The molecule has 1 aliphatic heterocycles. The van der Waals surface area contributed by atoms with Gasteiger partial charge in [-0.2, -0.15) is 0 Å². The summed E-state index contributed by atoms with van der Waals surface area (Å²) in [7, 11) is 0. The first-order chi connectivity index (χ1) is 9.93. The maximum absolute atomic E-state index is 12.1. The molecule has 3 N–H and O–H groups in total. The fourth-order valence-corrected chi connectivity index (χ4v) is 2.30. The van der Waals surface area contributed by atoms with E-state index in [9.17, 15) is 14.7 Å². The highest BCUT2D eigenvalue weighted by molar-refractivity contribution is 5.94. The molecule has 7 nitrogen and oxygen atoms in total.